The molecule has 11 aliphatic rings. The fourth-order valence-corrected chi connectivity index (χ4v) is 20.4. The summed E-state index contributed by atoms with van der Waals surface area (Å²) in [6.45, 7) is 0. The molecule has 3 saturated heterocycles. The zero-order valence-corrected chi connectivity index (χ0v) is 33.7. The average molecular weight is 715 g/mol. The predicted octanol–water partition coefficient (Wildman–Crippen LogP) is 12.3. The molecule has 0 aromatic heterocycles. The van der Waals surface area contributed by atoms with Gasteiger partial charge >= 0.3 is 0 Å². The van der Waals surface area contributed by atoms with Gasteiger partial charge in [-0.2, -0.15) is 11.8 Å². The van der Waals surface area contributed by atoms with Crippen LogP contribution in [0.5, 0.6) is 0 Å². The van der Waals surface area contributed by atoms with Crippen LogP contribution < -0.4 is 0 Å². The second-order valence-electron chi connectivity index (χ2n) is 21.8. The lowest BCUT2D eigenvalue weighted by atomic mass is 9.62. The van der Waals surface area contributed by atoms with Crippen LogP contribution in [0.3, 0.4) is 0 Å². The highest BCUT2D eigenvalue weighted by molar-refractivity contribution is 8.00. The zero-order chi connectivity index (χ0) is 33.5. The summed E-state index contributed by atoms with van der Waals surface area (Å²) in [5.41, 5.74) is 0. The van der Waals surface area contributed by atoms with Gasteiger partial charge in [0.15, 0.2) is 0 Å². The van der Waals surface area contributed by atoms with Gasteiger partial charge in [-0.05, 0) is 162 Å². The molecule has 17 unspecified atom stereocenters. The van der Waals surface area contributed by atoms with Gasteiger partial charge in [0.2, 0.25) is 0 Å². The quantitative estimate of drug-likeness (QED) is 0.286. The highest BCUT2D eigenvalue weighted by Gasteiger charge is 2.59. The van der Waals surface area contributed by atoms with E-state index < -0.39 is 0 Å². The number of hydrogen-bond donors (Lipinski definition) is 0. The van der Waals surface area contributed by atoms with Crippen molar-refractivity contribution in [1.82, 2.24) is 9.80 Å². The third-order valence-electron chi connectivity index (χ3n) is 19.9. The lowest BCUT2D eigenvalue weighted by Gasteiger charge is -2.49. The Hall–Kier alpha value is 0.270. The van der Waals surface area contributed by atoms with Crippen molar-refractivity contribution in [3.8, 4) is 0 Å². The molecule has 0 aromatic carbocycles. The molecule has 3 heterocycles. The van der Waals surface area contributed by atoms with Crippen molar-refractivity contribution in [3.63, 3.8) is 0 Å². The van der Waals surface area contributed by atoms with Crippen molar-refractivity contribution in [2.24, 2.45) is 59.2 Å². The fourth-order valence-electron chi connectivity index (χ4n) is 18.1. The highest BCUT2D eigenvalue weighted by Crippen LogP contribution is 2.61. The molecule has 286 valence electrons. The molecule has 8 aliphatic carbocycles. The smallest absolute Gasteiger partial charge is 0.0237 e. The predicted molar refractivity (Wildman–Crippen MR) is 215 cm³/mol. The molecule has 11 fully saturated rings. The van der Waals surface area contributed by atoms with E-state index in [1.165, 1.54) is 38.5 Å². The first-order chi connectivity index (χ1) is 25.3. The Morgan fingerprint density at radius 3 is 1.55 bits per heavy atom. The molecule has 3 aliphatic heterocycles. The van der Waals surface area contributed by atoms with Crippen molar-refractivity contribution in [2.45, 2.75) is 239 Å². The van der Waals surface area contributed by atoms with Crippen LogP contribution in [0.4, 0.5) is 0 Å². The SMILES string of the molecule is C1CCC(C2CCCC(N3C4CCCCC4C4CC(C5CCC6C(C5)C5CCCCC5N6C5CCCC6C7CCCCC7SC65)CCC43)C2)CC1. The average Bonchev–Trinajstić information content (AvgIpc) is 3.86. The van der Waals surface area contributed by atoms with Gasteiger partial charge in [0.05, 0.1) is 0 Å². The van der Waals surface area contributed by atoms with Crippen molar-refractivity contribution < 1.29 is 0 Å². The third kappa shape index (κ3) is 6.04. The van der Waals surface area contributed by atoms with E-state index in [1.807, 2.05) is 0 Å². The zero-order valence-electron chi connectivity index (χ0n) is 32.9. The molecule has 3 heteroatoms. The number of hydrogen-bond acceptors (Lipinski definition) is 3. The Morgan fingerprint density at radius 1 is 0.294 bits per heavy atom. The minimum atomic E-state index is 0.942. The summed E-state index contributed by atoms with van der Waals surface area (Å²) in [6, 6.07) is 5.77. The van der Waals surface area contributed by atoms with Gasteiger partial charge in [0.25, 0.3) is 0 Å². The van der Waals surface area contributed by atoms with Gasteiger partial charge in [0, 0.05) is 46.8 Å². The topological polar surface area (TPSA) is 6.48 Å². The summed E-state index contributed by atoms with van der Waals surface area (Å²) >= 11 is 2.57. The maximum atomic E-state index is 3.40. The van der Waals surface area contributed by atoms with Crippen LogP contribution >= 0.6 is 11.8 Å². The summed E-state index contributed by atoms with van der Waals surface area (Å²) in [5.74, 6) is 10.7. The Bertz CT molecular complexity index is 1200. The van der Waals surface area contributed by atoms with Crippen molar-refractivity contribution >= 4 is 11.8 Å². The minimum absolute atomic E-state index is 0.942. The summed E-state index contributed by atoms with van der Waals surface area (Å²) < 4.78 is 0. The lowest BCUT2D eigenvalue weighted by Crippen LogP contribution is -2.54. The fraction of sp³-hybridized carbons (Fsp3) is 1.00. The minimum Gasteiger partial charge on any atom is -0.294 e. The van der Waals surface area contributed by atoms with E-state index in [4.69, 9.17) is 0 Å². The van der Waals surface area contributed by atoms with E-state index in [1.54, 1.807) is 154 Å². The summed E-state index contributed by atoms with van der Waals surface area (Å²) in [7, 11) is 0. The van der Waals surface area contributed by atoms with Gasteiger partial charge in [0.1, 0.15) is 0 Å². The first kappa shape index (κ1) is 34.5. The van der Waals surface area contributed by atoms with E-state index in [0.29, 0.717) is 0 Å². The number of rotatable bonds is 4. The molecule has 17 atom stereocenters. The van der Waals surface area contributed by atoms with E-state index in [2.05, 4.69) is 21.6 Å². The normalized spacial score (nSPS) is 53.8. The number of nitrogens with zero attached hydrogens (tertiary/aromatic N) is 2. The summed E-state index contributed by atoms with van der Waals surface area (Å²) in [6.07, 6.45) is 47.0. The van der Waals surface area contributed by atoms with Crippen LogP contribution in [0.25, 0.3) is 0 Å². The number of thioether (sulfide) groups is 1. The molecule has 0 spiro atoms. The Labute approximate surface area is 318 Å². The number of likely N-dealkylation sites (tertiary alicyclic amines) is 2. The maximum Gasteiger partial charge on any atom is 0.0237 e. The summed E-state index contributed by atoms with van der Waals surface area (Å²) in [5, 5.41) is 2.03. The number of fused-ring (bicyclic) bond motifs is 9. The Balaban J connectivity index is 0.793. The first-order valence-electron chi connectivity index (χ1n) is 24.5. The van der Waals surface area contributed by atoms with Crippen LogP contribution in [-0.4, -0.2) is 56.6 Å². The van der Waals surface area contributed by atoms with Crippen LogP contribution in [0.15, 0.2) is 0 Å². The largest absolute Gasteiger partial charge is 0.294 e. The van der Waals surface area contributed by atoms with Crippen LogP contribution in [0.1, 0.15) is 193 Å². The Kier molecular flexibility index (Phi) is 9.91. The van der Waals surface area contributed by atoms with Crippen molar-refractivity contribution in [2.75, 3.05) is 0 Å². The second-order valence-corrected chi connectivity index (χ2v) is 23.2. The van der Waals surface area contributed by atoms with E-state index in [9.17, 15) is 0 Å². The van der Waals surface area contributed by atoms with Gasteiger partial charge in [-0.3, -0.25) is 9.80 Å². The van der Waals surface area contributed by atoms with Gasteiger partial charge < -0.3 is 0 Å². The van der Waals surface area contributed by atoms with E-state index >= 15 is 0 Å². The molecular formula is C48H78N2S. The molecule has 0 bridgehead atoms. The van der Waals surface area contributed by atoms with Crippen molar-refractivity contribution in [1.29, 1.82) is 0 Å². The van der Waals surface area contributed by atoms with Crippen molar-refractivity contribution in [3.05, 3.63) is 0 Å². The molecule has 0 radical (unpaired) electrons. The molecule has 2 nitrogen and oxygen atoms in total. The molecule has 0 N–H and O–H groups in total. The van der Waals surface area contributed by atoms with Crippen LogP contribution in [0, 0.1) is 59.2 Å². The molecule has 8 saturated carbocycles. The van der Waals surface area contributed by atoms with Crippen LogP contribution in [-0.2, 0) is 0 Å². The second kappa shape index (κ2) is 14.6. The first-order valence-corrected chi connectivity index (χ1v) is 25.4. The van der Waals surface area contributed by atoms with Crippen LogP contribution in [0.2, 0.25) is 0 Å². The monoisotopic (exact) mass is 715 g/mol. The summed E-state index contributed by atoms with van der Waals surface area (Å²) in [4.78, 5) is 6.75. The van der Waals surface area contributed by atoms with Gasteiger partial charge in [-0.1, -0.05) is 89.9 Å². The standard InChI is InChI=1S/C48H78N2S/c1-2-12-31(13-3-1)32-14-10-15-35(28-32)49-42-20-7-4-16-36(42)40-29-33(24-26-44(40)49)34-25-27-45-41(30-34)37-17-5-8-21-43(37)50(45)46-22-11-19-39-38-18-6-9-23-47(38)51-48(39)46/h31-48H,1-30H2. The van der Waals surface area contributed by atoms with E-state index in [0.717, 1.165) is 106 Å². The lowest BCUT2D eigenvalue weighted by molar-refractivity contribution is 0.0178. The third-order valence-corrected chi connectivity index (χ3v) is 21.9. The molecule has 0 aromatic rings. The molecule has 11 rings (SSSR count). The molecular weight excluding hydrogens is 637 g/mol. The molecule has 51 heavy (non-hydrogen) atoms. The molecule has 0 amide bonds. The highest BCUT2D eigenvalue weighted by atomic mass is 32.2. The van der Waals surface area contributed by atoms with Gasteiger partial charge in [-0.25, -0.2) is 0 Å². The maximum absolute atomic E-state index is 3.40. The van der Waals surface area contributed by atoms with Gasteiger partial charge in [-0.15, -0.1) is 0 Å². The Morgan fingerprint density at radius 2 is 0.804 bits per heavy atom. The van der Waals surface area contributed by atoms with E-state index in [-0.39, 0.29) is 0 Å².